The van der Waals surface area contributed by atoms with Gasteiger partial charge in [-0.15, -0.1) is 0 Å². The molecule has 4 heterocycles. The maximum atomic E-state index is 14.2. The fourth-order valence-corrected chi connectivity index (χ4v) is 7.90. The molecule has 3 aliphatic heterocycles. The fourth-order valence-electron chi connectivity index (χ4n) is 7.06. The number of aromatic nitrogens is 1. The van der Waals surface area contributed by atoms with Crippen molar-refractivity contribution < 1.29 is 33.6 Å². The van der Waals surface area contributed by atoms with Crippen molar-refractivity contribution in [1.29, 1.82) is 0 Å². The number of piperidine rings is 3. The highest BCUT2D eigenvalue weighted by Crippen LogP contribution is 2.41. The van der Waals surface area contributed by atoms with Crippen LogP contribution in [-0.4, -0.2) is 62.0 Å². The van der Waals surface area contributed by atoms with Crippen LogP contribution in [0.5, 0.6) is 11.5 Å². The average Bonchev–Trinajstić information content (AvgIpc) is 3.11. The van der Waals surface area contributed by atoms with E-state index in [2.05, 4.69) is 4.90 Å². The van der Waals surface area contributed by atoms with E-state index in [0.717, 1.165) is 25.9 Å². The molecule has 0 saturated carbocycles. The molecular formula is C37H36Cl3N3O7. The first-order chi connectivity index (χ1) is 24.1. The second-order valence-corrected chi connectivity index (χ2v) is 13.7. The number of benzene rings is 3. The van der Waals surface area contributed by atoms with Gasteiger partial charge in [0.05, 0.1) is 37.0 Å². The summed E-state index contributed by atoms with van der Waals surface area (Å²) in [5.74, 6) is -0.712. The number of carboxylic acid groups (broad SMARTS) is 1. The zero-order valence-electron chi connectivity index (χ0n) is 27.5. The van der Waals surface area contributed by atoms with E-state index < -0.39 is 18.0 Å². The van der Waals surface area contributed by atoms with Gasteiger partial charge in [0, 0.05) is 18.0 Å². The van der Waals surface area contributed by atoms with Crippen LogP contribution in [0.3, 0.4) is 0 Å². The van der Waals surface area contributed by atoms with Gasteiger partial charge < -0.3 is 24.5 Å². The van der Waals surface area contributed by atoms with Crippen LogP contribution in [0.4, 0.5) is 10.5 Å². The summed E-state index contributed by atoms with van der Waals surface area (Å²) >= 11 is 19.9. The third kappa shape index (κ3) is 7.44. The molecule has 0 aliphatic carbocycles. The Labute approximate surface area is 305 Å². The highest BCUT2D eigenvalue weighted by Gasteiger charge is 2.38. The lowest BCUT2D eigenvalue weighted by atomic mass is 9.80. The molecule has 7 rings (SSSR count). The molecule has 1 N–H and O–H groups in total. The number of rotatable bonds is 11. The van der Waals surface area contributed by atoms with Crippen LogP contribution in [-0.2, 0) is 17.7 Å². The van der Waals surface area contributed by atoms with Crippen molar-refractivity contribution in [3.8, 4) is 11.5 Å². The Morgan fingerprint density at radius 2 is 1.66 bits per heavy atom. The lowest BCUT2D eigenvalue weighted by Gasteiger charge is -2.44. The predicted molar refractivity (Wildman–Crippen MR) is 191 cm³/mol. The summed E-state index contributed by atoms with van der Waals surface area (Å²) in [6.07, 6.45) is 3.55. The van der Waals surface area contributed by atoms with Gasteiger partial charge in [-0.25, -0.2) is 9.59 Å². The van der Waals surface area contributed by atoms with Gasteiger partial charge in [0.2, 0.25) is 0 Å². The molecule has 2 bridgehead atoms. The van der Waals surface area contributed by atoms with Crippen LogP contribution in [0.25, 0.3) is 0 Å². The number of ether oxygens (including phenoxy) is 3. The summed E-state index contributed by atoms with van der Waals surface area (Å²) in [7, 11) is 3.03. The normalized spacial score (nSPS) is 18.7. The van der Waals surface area contributed by atoms with Gasteiger partial charge in [-0.2, -0.15) is 4.73 Å². The van der Waals surface area contributed by atoms with Crippen molar-refractivity contribution in [1.82, 2.24) is 4.90 Å². The molecule has 50 heavy (non-hydrogen) atoms. The first-order valence-corrected chi connectivity index (χ1v) is 17.3. The van der Waals surface area contributed by atoms with E-state index in [4.69, 9.17) is 49.0 Å². The van der Waals surface area contributed by atoms with E-state index in [0.29, 0.717) is 55.7 Å². The number of carbonyl (C=O) groups excluding carboxylic acids is 1. The Kier molecular flexibility index (Phi) is 10.9. The number of amides is 1. The summed E-state index contributed by atoms with van der Waals surface area (Å²) in [6, 6.07) is 17.2. The summed E-state index contributed by atoms with van der Waals surface area (Å²) < 4.78 is 17.8. The van der Waals surface area contributed by atoms with Gasteiger partial charge in [0.15, 0.2) is 23.9 Å². The Hall–Kier alpha value is -4.22. The van der Waals surface area contributed by atoms with Crippen molar-refractivity contribution in [2.75, 3.05) is 38.8 Å². The lowest BCUT2D eigenvalue weighted by Crippen LogP contribution is -2.53. The molecule has 3 aromatic carbocycles. The monoisotopic (exact) mass is 739 g/mol. The number of carbonyl (C=O) groups is 2. The van der Waals surface area contributed by atoms with E-state index in [-0.39, 0.29) is 40.6 Å². The van der Waals surface area contributed by atoms with Gasteiger partial charge in [-0.1, -0.05) is 65.1 Å². The van der Waals surface area contributed by atoms with Gasteiger partial charge in [0.1, 0.15) is 16.1 Å². The van der Waals surface area contributed by atoms with E-state index >= 15 is 0 Å². The number of anilines is 1. The molecular weight excluding hydrogens is 705 g/mol. The van der Waals surface area contributed by atoms with Crippen LogP contribution < -0.4 is 19.1 Å². The third-order valence-corrected chi connectivity index (χ3v) is 10.6. The highest BCUT2D eigenvalue weighted by atomic mass is 35.5. The van der Waals surface area contributed by atoms with E-state index in [1.54, 1.807) is 54.6 Å². The number of carboxylic acids is 1. The van der Waals surface area contributed by atoms with Crippen LogP contribution in [0.2, 0.25) is 15.1 Å². The molecule has 3 saturated heterocycles. The van der Waals surface area contributed by atoms with Crippen LogP contribution >= 0.6 is 34.8 Å². The Morgan fingerprint density at radius 1 is 0.960 bits per heavy atom. The third-order valence-electron chi connectivity index (χ3n) is 9.59. The average molecular weight is 741 g/mol. The Balaban J connectivity index is 1.49. The van der Waals surface area contributed by atoms with Gasteiger partial charge in [0.25, 0.3) is 0 Å². The minimum atomic E-state index is -1.17. The van der Waals surface area contributed by atoms with Crippen LogP contribution in [0.15, 0.2) is 73.1 Å². The quantitative estimate of drug-likeness (QED) is 0.124. The molecule has 10 nitrogen and oxygen atoms in total. The summed E-state index contributed by atoms with van der Waals surface area (Å²) in [5.41, 5.74) is 2.46. The minimum Gasteiger partial charge on any atom is -0.619 e. The molecule has 262 valence electrons. The molecule has 0 radical (unpaired) electrons. The standard InChI is InChI=1S/C37H36Cl3N3O7/c1-48-32-11-10-23(16-33(32)49-2)26(17-27-29(39)19-42(47)20-30(27)40)35-24(6-5-7-25(35)36(44)45)18-43(31-9-4-3-8-28(31)38)37(46)50-34-21-41-14-12-22(34)13-15-41/h3-11,16,19-20,22,26,34H,12-15,17-18,21H2,1-2H3,(H,44,45)/t26-,34-/m0/s1. The molecule has 0 unspecified atom stereocenters. The number of methoxy groups -OCH3 is 2. The molecule has 13 heteroatoms. The fraction of sp³-hybridized carbons (Fsp3) is 0.324. The second kappa shape index (κ2) is 15.3. The molecule has 1 amide bonds. The second-order valence-electron chi connectivity index (χ2n) is 12.4. The number of hydrogen-bond acceptors (Lipinski definition) is 7. The SMILES string of the molecule is COc1ccc([C@H](Cc2c(Cl)c[n+]([O-])cc2Cl)c2c(CN(C(=O)O[C@H]3CN4CCC3CC4)c3ccccc3Cl)cccc2C(=O)O)cc1OC. The molecule has 4 aromatic rings. The van der Waals surface area contributed by atoms with Crippen molar-refractivity contribution in [3.05, 3.63) is 121 Å². The zero-order chi connectivity index (χ0) is 35.5. The van der Waals surface area contributed by atoms with Gasteiger partial charge in [-0.05, 0) is 85.3 Å². The van der Waals surface area contributed by atoms with E-state index in [1.807, 2.05) is 0 Å². The maximum absolute atomic E-state index is 14.2. The molecule has 2 atom stereocenters. The predicted octanol–water partition coefficient (Wildman–Crippen LogP) is 7.61. The number of halogens is 3. The van der Waals surface area contributed by atoms with Crippen molar-refractivity contribution in [3.63, 3.8) is 0 Å². The summed E-state index contributed by atoms with van der Waals surface area (Å²) in [5, 5.41) is 23.3. The van der Waals surface area contributed by atoms with Gasteiger partial charge in [-0.3, -0.25) is 9.80 Å². The molecule has 1 aromatic heterocycles. The molecule has 0 spiro atoms. The van der Waals surface area contributed by atoms with Crippen LogP contribution in [0.1, 0.15) is 51.4 Å². The maximum Gasteiger partial charge on any atom is 0.414 e. The Bertz CT molecular complexity index is 1880. The van der Waals surface area contributed by atoms with Gasteiger partial charge >= 0.3 is 12.1 Å². The van der Waals surface area contributed by atoms with Crippen molar-refractivity contribution >= 4 is 52.6 Å². The number of fused-ring (bicyclic) bond motifs is 3. The molecule has 3 fully saturated rings. The number of pyridine rings is 1. The summed E-state index contributed by atoms with van der Waals surface area (Å²) in [4.78, 5) is 30.9. The van der Waals surface area contributed by atoms with E-state index in [1.165, 1.54) is 37.6 Å². The van der Waals surface area contributed by atoms with E-state index in [9.17, 15) is 19.9 Å². The smallest absolute Gasteiger partial charge is 0.414 e. The van der Waals surface area contributed by atoms with Crippen molar-refractivity contribution in [2.24, 2.45) is 5.92 Å². The minimum absolute atomic E-state index is 0.00853. The topological polar surface area (TPSA) is 115 Å². The zero-order valence-corrected chi connectivity index (χ0v) is 29.8. The first-order valence-electron chi connectivity index (χ1n) is 16.2. The highest BCUT2D eigenvalue weighted by molar-refractivity contribution is 6.35. The molecule has 3 aliphatic rings. The number of para-hydroxylation sites is 1. The number of nitrogens with zero attached hydrogens (tertiary/aromatic N) is 3. The first kappa shape index (κ1) is 35.6. The summed E-state index contributed by atoms with van der Waals surface area (Å²) in [6.45, 7) is 2.57. The number of hydrogen-bond donors (Lipinski definition) is 1. The lowest BCUT2D eigenvalue weighted by molar-refractivity contribution is -0.605. The van der Waals surface area contributed by atoms with Crippen LogP contribution in [0, 0.1) is 11.1 Å². The number of aromatic carboxylic acids is 1. The Morgan fingerprint density at radius 3 is 2.28 bits per heavy atom. The van der Waals surface area contributed by atoms with Crippen molar-refractivity contribution in [2.45, 2.75) is 37.8 Å². The largest absolute Gasteiger partial charge is 0.619 e.